The Hall–Kier alpha value is -5.84. The number of allylic oxidation sites excluding steroid dienone is 1. The van der Waals surface area contributed by atoms with Crippen LogP contribution in [0.2, 0.25) is 0 Å². The second-order valence-electron chi connectivity index (χ2n) is 20.1. The number of hydrogen-bond acceptors (Lipinski definition) is 7. The molecule has 0 unspecified atom stereocenters. The number of carbonyl (C=O) groups excluding carboxylic acids is 2. The number of aliphatic hydroxyl groups is 2. The summed E-state index contributed by atoms with van der Waals surface area (Å²) in [7, 11) is 0. The first-order chi connectivity index (χ1) is 32.7. The van der Waals surface area contributed by atoms with E-state index in [1.54, 1.807) is 12.3 Å². The van der Waals surface area contributed by atoms with Crippen LogP contribution in [0.1, 0.15) is 139 Å². The number of aliphatic hydroxyl groups excluding tert-OH is 2. The van der Waals surface area contributed by atoms with Crippen molar-refractivity contribution >= 4 is 29.5 Å². The number of H-pyrrole nitrogens is 1. The van der Waals surface area contributed by atoms with Gasteiger partial charge in [-0.15, -0.1) is 5.69 Å². The van der Waals surface area contributed by atoms with E-state index in [1.807, 2.05) is 42.6 Å². The number of fused-ring (bicyclic) bond motifs is 8. The summed E-state index contributed by atoms with van der Waals surface area (Å²) in [6.45, 7) is -0.0419. The summed E-state index contributed by atoms with van der Waals surface area (Å²) in [4.78, 5) is 38.4. The molecule has 67 heavy (non-hydrogen) atoms. The Morgan fingerprint density at radius 2 is 1.66 bits per heavy atom. The molecule has 0 radical (unpaired) electrons. The molecule has 5 N–H and O–H groups in total. The van der Waals surface area contributed by atoms with E-state index >= 15 is 4.79 Å². The molecule has 10 rings (SSSR count). The lowest BCUT2D eigenvalue weighted by Crippen LogP contribution is -2.37. The van der Waals surface area contributed by atoms with Gasteiger partial charge < -0.3 is 40.4 Å². The topological polar surface area (TPSA) is 168 Å². The third-order valence-corrected chi connectivity index (χ3v) is 15.9. The molecule has 350 valence electrons. The monoisotopic (exact) mass is 901 g/mol. The number of phenols is 2. The number of Topliss-reactive ketones (excluding diaryl/α,β-unsaturated/α-hetero) is 2. The smallest absolute Gasteiger partial charge is 0.161 e. The predicted molar refractivity (Wildman–Crippen MR) is 260 cm³/mol. The van der Waals surface area contributed by atoms with Crippen molar-refractivity contribution in [2.75, 3.05) is 19.8 Å². The fourth-order valence-corrected chi connectivity index (χ4v) is 12.3. The van der Waals surface area contributed by atoms with Gasteiger partial charge in [-0.2, -0.15) is 6.20 Å². The number of hydrogen-bond donors (Lipinski definition) is 5. The molecular weight excluding hydrogens is 839 g/mol. The van der Waals surface area contributed by atoms with Crippen molar-refractivity contribution < 1.29 is 34.8 Å². The van der Waals surface area contributed by atoms with E-state index in [0.717, 1.165) is 120 Å². The summed E-state index contributed by atoms with van der Waals surface area (Å²) < 4.78 is 6.51. The average molecular weight is 902 g/mol. The minimum atomic E-state index is -1.04. The molecule has 1 aliphatic heterocycles. The van der Waals surface area contributed by atoms with Crippen LogP contribution in [0.4, 0.5) is 5.82 Å². The lowest BCUT2D eigenvalue weighted by molar-refractivity contribution is -0.135. The maximum atomic E-state index is 15.5. The Balaban J connectivity index is 1.06. The maximum Gasteiger partial charge on any atom is 0.161 e. The van der Waals surface area contributed by atoms with Crippen molar-refractivity contribution in [3.63, 3.8) is 0 Å². The lowest BCUT2D eigenvalue weighted by atomic mass is 9.67. The molecular formula is C57H63N3O7-2. The van der Waals surface area contributed by atoms with Crippen LogP contribution >= 0.6 is 0 Å². The first-order valence-corrected chi connectivity index (χ1v) is 24.8. The van der Waals surface area contributed by atoms with E-state index in [0.29, 0.717) is 42.8 Å². The van der Waals surface area contributed by atoms with Gasteiger partial charge in [0.2, 0.25) is 0 Å². The quantitative estimate of drug-likeness (QED) is 0.0959. The molecule has 4 aliphatic carbocycles. The van der Waals surface area contributed by atoms with E-state index < -0.39 is 11.8 Å². The minimum Gasteiger partial charge on any atom is -0.664 e. The Bertz CT molecular complexity index is 2680. The Morgan fingerprint density at radius 1 is 0.821 bits per heavy atom. The van der Waals surface area contributed by atoms with Gasteiger partial charge in [-0.05, 0) is 141 Å². The highest BCUT2D eigenvalue weighted by Crippen LogP contribution is 2.48. The zero-order valence-electron chi connectivity index (χ0n) is 38.4. The number of nitrogens with zero attached hydrogens (tertiary/aromatic N) is 2. The van der Waals surface area contributed by atoms with Crippen molar-refractivity contribution in [3.05, 3.63) is 146 Å². The number of phenolic OH excluding ortho intramolecular Hbond substituents is 2. The van der Waals surface area contributed by atoms with E-state index in [2.05, 4.69) is 41.4 Å². The van der Waals surface area contributed by atoms with Gasteiger partial charge in [0.25, 0.3) is 0 Å². The molecule has 3 aromatic carbocycles. The van der Waals surface area contributed by atoms with E-state index in [9.17, 15) is 25.2 Å². The number of ketones is 2. The first-order valence-electron chi connectivity index (χ1n) is 24.8. The largest absolute Gasteiger partial charge is 0.664 e. The molecule has 10 nitrogen and oxygen atoms in total. The Morgan fingerprint density at radius 3 is 2.48 bits per heavy atom. The molecule has 0 saturated heterocycles. The van der Waals surface area contributed by atoms with Gasteiger partial charge in [-0.1, -0.05) is 103 Å². The number of ether oxygens (including phenoxy) is 1. The van der Waals surface area contributed by atoms with Gasteiger partial charge in [0.1, 0.15) is 11.5 Å². The highest BCUT2D eigenvalue weighted by Gasteiger charge is 2.41. The van der Waals surface area contributed by atoms with Crippen molar-refractivity contribution in [3.8, 4) is 17.2 Å². The molecule has 10 heteroatoms. The minimum absolute atomic E-state index is 0.00405. The SMILES string of the molecule is O=C1CCc2cc(c(O)c(OC3CCCC3)c2)Cc2ccc(C3(CO)CCCC3)c(c2)Cc2cc[nH]c2[N-]CC2=Cc3[n-]ccc3[C@H](C[C@@H]3C=Cc4c(O)cccc4CC3)[C@@H]2C(=O)[C@H]1CCO. The fourth-order valence-electron chi connectivity index (χ4n) is 12.3. The highest BCUT2D eigenvalue weighted by atomic mass is 16.5. The average Bonchev–Trinajstić information content (AvgIpc) is 4.18. The molecule has 4 bridgehead atoms. The summed E-state index contributed by atoms with van der Waals surface area (Å²) >= 11 is 0. The van der Waals surface area contributed by atoms with Crippen LogP contribution in [0.3, 0.4) is 0 Å². The zero-order chi connectivity index (χ0) is 46.1. The van der Waals surface area contributed by atoms with E-state index in [1.165, 1.54) is 0 Å². The number of aromatic hydroxyl groups is 2. The summed E-state index contributed by atoms with van der Waals surface area (Å²) in [5.74, 6) is -0.921. The van der Waals surface area contributed by atoms with Crippen LogP contribution in [0.15, 0.2) is 84.7 Å². The van der Waals surface area contributed by atoms with Gasteiger partial charge in [0.05, 0.1) is 18.6 Å². The molecule has 3 heterocycles. The molecule has 5 aromatic rings. The first kappa shape index (κ1) is 45.0. The maximum absolute atomic E-state index is 15.5. The number of benzene rings is 3. The van der Waals surface area contributed by atoms with Gasteiger partial charge in [-0.3, -0.25) is 9.59 Å². The summed E-state index contributed by atoms with van der Waals surface area (Å²) in [6.07, 6.45) is 21.4. The van der Waals surface area contributed by atoms with Crippen molar-refractivity contribution in [2.45, 2.75) is 120 Å². The predicted octanol–water partition coefficient (Wildman–Crippen LogP) is 10.2. The second kappa shape index (κ2) is 19.4. The molecule has 0 spiro atoms. The third-order valence-electron chi connectivity index (χ3n) is 15.9. The lowest BCUT2D eigenvalue weighted by Gasteiger charge is -2.38. The number of carbonyl (C=O) groups is 2. The van der Waals surface area contributed by atoms with Crippen LogP contribution in [0.25, 0.3) is 17.5 Å². The van der Waals surface area contributed by atoms with Crippen LogP contribution < -0.4 is 9.72 Å². The molecule has 0 amide bonds. The Kier molecular flexibility index (Phi) is 13.0. The number of aromatic nitrogens is 2. The van der Waals surface area contributed by atoms with E-state index in [-0.39, 0.29) is 79.0 Å². The summed E-state index contributed by atoms with van der Waals surface area (Å²) in [5.41, 5.74) is 9.95. The normalized spacial score (nSPS) is 23.1. The fraction of sp³-hybridized carbons (Fsp3) is 0.439. The summed E-state index contributed by atoms with van der Waals surface area (Å²) in [5, 5.41) is 49.4. The Labute approximate surface area is 393 Å². The van der Waals surface area contributed by atoms with Crippen molar-refractivity contribution in [1.82, 2.24) is 9.97 Å². The number of aromatic amines is 1. The molecule has 2 aromatic heterocycles. The second-order valence-corrected chi connectivity index (χ2v) is 20.1. The molecule has 2 saturated carbocycles. The third kappa shape index (κ3) is 9.15. The van der Waals surface area contributed by atoms with Crippen molar-refractivity contribution in [2.24, 2.45) is 17.8 Å². The van der Waals surface area contributed by atoms with Gasteiger partial charge in [0, 0.05) is 41.9 Å². The highest BCUT2D eigenvalue weighted by molar-refractivity contribution is 6.05. The van der Waals surface area contributed by atoms with Crippen molar-refractivity contribution in [1.29, 1.82) is 0 Å². The van der Waals surface area contributed by atoms with Gasteiger partial charge in [0.15, 0.2) is 17.3 Å². The zero-order valence-corrected chi connectivity index (χ0v) is 38.4. The molecule has 5 aliphatic rings. The van der Waals surface area contributed by atoms with Gasteiger partial charge in [-0.25, -0.2) is 0 Å². The number of aryl methyl sites for hydroxylation is 2. The number of nitrogens with one attached hydrogen (secondary N) is 1. The summed E-state index contributed by atoms with van der Waals surface area (Å²) in [6, 6.07) is 20.1. The molecule has 2 fully saturated rings. The van der Waals surface area contributed by atoms with Gasteiger partial charge >= 0.3 is 0 Å². The van der Waals surface area contributed by atoms with Crippen LogP contribution in [-0.2, 0) is 40.7 Å². The van der Waals surface area contributed by atoms with Crippen LogP contribution in [-0.4, -0.2) is 62.8 Å². The van der Waals surface area contributed by atoms with Crippen LogP contribution in [0.5, 0.6) is 17.2 Å². The number of rotatable bonds is 8. The van der Waals surface area contributed by atoms with E-state index in [4.69, 9.17) is 15.0 Å². The van der Waals surface area contributed by atoms with Crippen LogP contribution in [0, 0.1) is 17.8 Å². The standard InChI is InChI=1S/C57H63N3O7/c61-25-20-46-51(64)17-13-37-28-41(54(65)52(30-37)67-43-7-1-2-8-43)27-36-12-16-48(57(34-62)21-3-4-22-57)40(26-36)31-39-18-23-59-56(39)60-33-42-32-49-45(19-24-58-49)47(53(42)55(46)66)29-35-10-14-38-6-5-9-50(63)44(38)15-11-35/h5-6,9,11-12,15-16,18-19,23-24,26,28,30,32,35,43,46-47,53,59,61-63,65H,1-4,7-8,10,13-14,17,20-22,25,27,29,31,33-34H2/q-2/t35-,46-,47-,53+/m0/s1. The molecule has 4 atom stereocenters.